The van der Waals surface area contributed by atoms with E-state index < -0.39 is 35.1 Å². The molecule has 1 aromatic carbocycles. The molecule has 1 rings (SSSR count). The van der Waals surface area contributed by atoms with Crippen molar-refractivity contribution in [2.75, 3.05) is 0 Å². The summed E-state index contributed by atoms with van der Waals surface area (Å²) < 4.78 is 75.4. The highest BCUT2D eigenvalue weighted by atomic mass is 19.4. The maximum Gasteiger partial charge on any atom is 0.417 e. The Hall–Kier alpha value is -1.24. The Morgan fingerprint density at radius 3 is 1.88 bits per heavy atom. The fourth-order valence-corrected chi connectivity index (χ4v) is 1.50. The van der Waals surface area contributed by atoms with Gasteiger partial charge in [-0.15, -0.1) is 0 Å². The second kappa shape index (κ2) is 4.21. The summed E-state index contributed by atoms with van der Waals surface area (Å²) in [6.07, 6.45) is -10.1. The summed E-state index contributed by atoms with van der Waals surface area (Å²) in [6.45, 7) is 1.20. The van der Waals surface area contributed by atoms with Crippen molar-refractivity contribution in [3.05, 3.63) is 34.9 Å². The molecule has 1 aromatic rings. The summed E-state index contributed by atoms with van der Waals surface area (Å²) in [5.74, 6) is 0. The number of alkyl halides is 6. The van der Waals surface area contributed by atoms with Crippen molar-refractivity contribution in [1.82, 2.24) is 0 Å². The lowest BCUT2D eigenvalue weighted by Crippen LogP contribution is -2.21. The van der Waals surface area contributed by atoms with E-state index in [-0.39, 0.29) is 0 Å². The molecule has 0 aliphatic rings. The summed E-state index contributed by atoms with van der Waals surface area (Å²) in [4.78, 5) is 0. The van der Waals surface area contributed by atoms with E-state index in [0.29, 0.717) is 6.07 Å². The first-order valence-electron chi connectivity index (χ1n) is 4.58. The molecule has 96 valence electrons. The number of hydrogen-bond acceptors (Lipinski definition) is 1. The van der Waals surface area contributed by atoms with Gasteiger partial charge in [-0.1, -0.05) is 12.1 Å². The molecule has 0 saturated heterocycles. The minimum Gasteiger partial charge on any atom is -0.324 e. The molecule has 1 nitrogen and oxygen atoms in total. The molecule has 0 saturated carbocycles. The van der Waals surface area contributed by atoms with Crippen LogP contribution in [0.2, 0.25) is 0 Å². The highest BCUT2D eigenvalue weighted by molar-refractivity contribution is 5.40. The largest absolute Gasteiger partial charge is 0.417 e. The molecule has 0 spiro atoms. The fourth-order valence-electron chi connectivity index (χ4n) is 1.50. The highest BCUT2D eigenvalue weighted by Crippen LogP contribution is 2.43. The van der Waals surface area contributed by atoms with Crippen LogP contribution in [0.25, 0.3) is 0 Å². The summed E-state index contributed by atoms with van der Waals surface area (Å²) in [5.41, 5.74) is 1.28. The van der Waals surface area contributed by atoms with E-state index in [1.807, 2.05) is 0 Å². The van der Waals surface area contributed by atoms with Gasteiger partial charge in [0.15, 0.2) is 0 Å². The third-order valence-electron chi connectivity index (χ3n) is 2.18. The van der Waals surface area contributed by atoms with Gasteiger partial charge in [-0.25, -0.2) is 0 Å². The van der Waals surface area contributed by atoms with E-state index in [1.165, 1.54) is 6.92 Å². The Labute approximate surface area is 93.2 Å². The lowest BCUT2D eigenvalue weighted by atomic mass is 9.96. The average molecular weight is 257 g/mol. The SMILES string of the molecule is CC(N)c1cccc(C(F)(F)F)c1C(F)(F)F. The lowest BCUT2D eigenvalue weighted by Gasteiger charge is -2.20. The van der Waals surface area contributed by atoms with Crippen LogP contribution >= 0.6 is 0 Å². The van der Waals surface area contributed by atoms with Crippen LogP contribution in [0.4, 0.5) is 26.3 Å². The first kappa shape index (κ1) is 13.8. The zero-order chi connectivity index (χ0) is 13.4. The normalized spacial score (nSPS) is 14.8. The van der Waals surface area contributed by atoms with Crippen LogP contribution in [0.1, 0.15) is 29.7 Å². The molecular formula is C10H9F6N. The first-order chi connectivity index (χ1) is 7.55. The third-order valence-corrected chi connectivity index (χ3v) is 2.18. The van der Waals surface area contributed by atoms with Gasteiger partial charge in [0, 0.05) is 6.04 Å². The van der Waals surface area contributed by atoms with Gasteiger partial charge in [-0.05, 0) is 18.6 Å². The van der Waals surface area contributed by atoms with Crippen LogP contribution in [-0.2, 0) is 12.4 Å². The zero-order valence-electron chi connectivity index (χ0n) is 8.65. The average Bonchev–Trinajstić information content (AvgIpc) is 2.13. The van der Waals surface area contributed by atoms with Crippen LogP contribution in [-0.4, -0.2) is 0 Å². The van der Waals surface area contributed by atoms with Crippen molar-refractivity contribution in [3.8, 4) is 0 Å². The molecule has 0 aliphatic carbocycles. The molecule has 0 bridgehead atoms. The van der Waals surface area contributed by atoms with Gasteiger partial charge in [-0.2, -0.15) is 26.3 Å². The van der Waals surface area contributed by atoms with Gasteiger partial charge >= 0.3 is 12.4 Å². The van der Waals surface area contributed by atoms with Gasteiger partial charge in [-0.3, -0.25) is 0 Å². The highest BCUT2D eigenvalue weighted by Gasteiger charge is 2.44. The Morgan fingerprint density at radius 2 is 1.53 bits per heavy atom. The molecule has 0 fully saturated rings. The Bertz CT molecular complexity index is 404. The van der Waals surface area contributed by atoms with Crippen LogP contribution < -0.4 is 5.73 Å². The van der Waals surface area contributed by atoms with Crippen molar-refractivity contribution in [3.63, 3.8) is 0 Å². The monoisotopic (exact) mass is 257 g/mol. The summed E-state index contributed by atoms with van der Waals surface area (Å²) in [6, 6.07) is 1.13. The van der Waals surface area contributed by atoms with E-state index in [9.17, 15) is 26.3 Å². The van der Waals surface area contributed by atoms with E-state index >= 15 is 0 Å². The van der Waals surface area contributed by atoms with Crippen LogP contribution in [0, 0.1) is 0 Å². The molecule has 0 heterocycles. The van der Waals surface area contributed by atoms with Gasteiger partial charge in [0.1, 0.15) is 0 Å². The standard InChI is InChI=1S/C10H9F6N/c1-5(17)6-3-2-4-7(9(11,12)13)8(6)10(14,15)16/h2-5H,17H2,1H3. The summed E-state index contributed by atoms with van der Waals surface area (Å²) in [5, 5.41) is 0. The summed E-state index contributed by atoms with van der Waals surface area (Å²) >= 11 is 0. The van der Waals surface area contributed by atoms with Gasteiger partial charge < -0.3 is 5.73 Å². The quantitative estimate of drug-likeness (QED) is 0.762. The van der Waals surface area contributed by atoms with Crippen LogP contribution in [0.5, 0.6) is 0 Å². The van der Waals surface area contributed by atoms with E-state index in [4.69, 9.17) is 5.73 Å². The Balaban J connectivity index is 3.58. The van der Waals surface area contributed by atoms with Gasteiger partial charge in [0.05, 0.1) is 11.1 Å². The van der Waals surface area contributed by atoms with E-state index in [2.05, 4.69) is 0 Å². The molecule has 0 radical (unpaired) electrons. The topological polar surface area (TPSA) is 26.0 Å². The van der Waals surface area contributed by atoms with E-state index in [1.54, 1.807) is 0 Å². The van der Waals surface area contributed by atoms with E-state index in [0.717, 1.165) is 12.1 Å². The second-order valence-corrected chi connectivity index (χ2v) is 3.55. The molecule has 7 heteroatoms. The van der Waals surface area contributed by atoms with Crippen molar-refractivity contribution >= 4 is 0 Å². The Morgan fingerprint density at radius 1 is 1.00 bits per heavy atom. The maximum absolute atomic E-state index is 12.6. The van der Waals surface area contributed by atoms with Gasteiger partial charge in [0.2, 0.25) is 0 Å². The maximum atomic E-state index is 12.6. The van der Waals surface area contributed by atoms with Crippen LogP contribution in [0.15, 0.2) is 18.2 Å². The van der Waals surface area contributed by atoms with Crippen molar-refractivity contribution in [2.45, 2.75) is 25.3 Å². The van der Waals surface area contributed by atoms with Crippen molar-refractivity contribution in [1.29, 1.82) is 0 Å². The molecule has 0 aliphatic heterocycles. The number of halogens is 6. The number of benzene rings is 1. The zero-order valence-corrected chi connectivity index (χ0v) is 8.65. The Kier molecular flexibility index (Phi) is 3.42. The first-order valence-corrected chi connectivity index (χ1v) is 4.58. The molecule has 2 N–H and O–H groups in total. The molecule has 0 amide bonds. The third kappa shape index (κ3) is 2.91. The van der Waals surface area contributed by atoms with Crippen molar-refractivity contribution < 1.29 is 26.3 Å². The molecule has 1 atom stereocenters. The predicted molar refractivity (Wildman–Crippen MR) is 49.0 cm³/mol. The van der Waals surface area contributed by atoms with Crippen LogP contribution in [0.3, 0.4) is 0 Å². The number of hydrogen-bond donors (Lipinski definition) is 1. The molecule has 17 heavy (non-hydrogen) atoms. The van der Waals surface area contributed by atoms with Gasteiger partial charge in [0.25, 0.3) is 0 Å². The fraction of sp³-hybridized carbons (Fsp3) is 0.400. The lowest BCUT2D eigenvalue weighted by molar-refractivity contribution is -0.162. The number of rotatable bonds is 1. The summed E-state index contributed by atoms with van der Waals surface area (Å²) in [7, 11) is 0. The molecular weight excluding hydrogens is 248 g/mol. The minimum absolute atomic E-state index is 0.398. The predicted octanol–water partition coefficient (Wildman–Crippen LogP) is 3.74. The minimum atomic E-state index is -5.09. The molecule has 0 aromatic heterocycles. The van der Waals surface area contributed by atoms with Crippen molar-refractivity contribution in [2.24, 2.45) is 5.73 Å². The number of nitrogens with two attached hydrogens (primary N) is 1. The smallest absolute Gasteiger partial charge is 0.324 e. The second-order valence-electron chi connectivity index (χ2n) is 3.55. The molecule has 1 unspecified atom stereocenters.